The lowest BCUT2D eigenvalue weighted by Crippen LogP contribution is -2.50. The van der Waals surface area contributed by atoms with E-state index in [0.29, 0.717) is 31.0 Å². The Morgan fingerprint density at radius 3 is 2.28 bits per heavy atom. The van der Waals surface area contributed by atoms with E-state index in [1.165, 1.54) is 16.4 Å². The zero-order valence-electron chi connectivity index (χ0n) is 18.4. The van der Waals surface area contributed by atoms with Crippen molar-refractivity contribution >= 4 is 21.8 Å². The molecule has 3 rings (SSSR count). The minimum absolute atomic E-state index is 0.104. The third-order valence-corrected chi connectivity index (χ3v) is 7.29. The number of hydrogen-bond acceptors (Lipinski definition) is 5. The first-order valence-electron chi connectivity index (χ1n) is 10.7. The molecule has 0 saturated carbocycles. The van der Waals surface area contributed by atoms with E-state index in [9.17, 15) is 18.0 Å². The maximum atomic E-state index is 12.9. The molecule has 1 heterocycles. The van der Waals surface area contributed by atoms with Gasteiger partial charge in [0.2, 0.25) is 15.9 Å². The molecule has 0 bridgehead atoms. The molecule has 0 unspecified atom stereocenters. The third-order valence-electron chi connectivity index (χ3n) is 5.38. The number of amides is 2. The summed E-state index contributed by atoms with van der Waals surface area (Å²) >= 11 is 0. The van der Waals surface area contributed by atoms with Crippen molar-refractivity contribution in [2.24, 2.45) is 0 Å². The fourth-order valence-corrected chi connectivity index (χ4v) is 4.99. The second-order valence-corrected chi connectivity index (χ2v) is 9.45. The van der Waals surface area contributed by atoms with Crippen LogP contribution in [0.1, 0.15) is 29.3 Å². The van der Waals surface area contributed by atoms with Crippen LogP contribution in [0.25, 0.3) is 0 Å². The largest absolute Gasteiger partial charge is 0.494 e. The molecule has 2 amide bonds. The fourth-order valence-electron chi connectivity index (χ4n) is 3.57. The highest BCUT2D eigenvalue weighted by Gasteiger charge is 2.30. The molecule has 2 aromatic carbocycles. The SMILES string of the molecule is CCOc1ccc(S(=O)(=O)N2CCN(C(=O)CCNC(=O)c3ccccc3C)CC2)cc1. The number of aryl methyl sites for hydroxylation is 1. The van der Waals surface area contributed by atoms with E-state index in [0.717, 1.165) is 5.56 Å². The first-order valence-corrected chi connectivity index (χ1v) is 12.1. The maximum absolute atomic E-state index is 12.9. The number of rotatable bonds is 8. The van der Waals surface area contributed by atoms with E-state index in [1.807, 2.05) is 26.0 Å². The fraction of sp³-hybridized carbons (Fsp3) is 0.391. The van der Waals surface area contributed by atoms with Crippen molar-refractivity contribution in [2.45, 2.75) is 25.2 Å². The second-order valence-electron chi connectivity index (χ2n) is 7.51. The second kappa shape index (κ2) is 10.6. The molecule has 1 aliphatic heterocycles. The van der Waals surface area contributed by atoms with Gasteiger partial charge in [0.25, 0.3) is 5.91 Å². The van der Waals surface area contributed by atoms with Crippen molar-refractivity contribution in [1.82, 2.24) is 14.5 Å². The number of benzene rings is 2. The molecule has 0 atom stereocenters. The van der Waals surface area contributed by atoms with Gasteiger partial charge >= 0.3 is 0 Å². The predicted octanol–water partition coefficient (Wildman–Crippen LogP) is 2.05. The highest BCUT2D eigenvalue weighted by atomic mass is 32.2. The number of nitrogens with zero attached hydrogens (tertiary/aromatic N) is 2. The van der Waals surface area contributed by atoms with Crippen LogP contribution < -0.4 is 10.1 Å². The summed E-state index contributed by atoms with van der Waals surface area (Å²) < 4.78 is 32.5. The van der Waals surface area contributed by atoms with Crippen molar-refractivity contribution in [3.8, 4) is 5.75 Å². The van der Waals surface area contributed by atoms with Crippen LogP contribution in [0.15, 0.2) is 53.4 Å². The Morgan fingerprint density at radius 2 is 1.66 bits per heavy atom. The van der Waals surface area contributed by atoms with E-state index in [1.54, 1.807) is 29.2 Å². The Labute approximate surface area is 189 Å². The van der Waals surface area contributed by atoms with Crippen molar-refractivity contribution in [1.29, 1.82) is 0 Å². The maximum Gasteiger partial charge on any atom is 0.251 e. The van der Waals surface area contributed by atoms with Crippen LogP contribution in [-0.4, -0.2) is 68.8 Å². The highest BCUT2D eigenvalue weighted by molar-refractivity contribution is 7.89. The van der Waals surface area contributed by atoms with Gasteiger partial charge in [-0.2, -0.15) is 4.31 Å². The van der Waals surface area contributed by atoms with E-state index in [4.69, 9.17) is 4.74 Å². The lowest BCUT2D eigenvalue weighted by atomic mass is 10.1. The molecule has 1 aliphatic rings. The van der Waals surface area contributed by atoms with Crippen LogP contribution in [0.3, 0.4) is 0 Å². The van der Waals surface area contributed by atoms with Crippen LogP contribution in [0, 0.1) is 6.92 Å². The van der Waals surface area contributed by atoms with Gasteiger partial charge in [-0.25, -0.2) is 8.42 Å². The molecule has 0 radical (unpaired) electrons. The minimum atomic E-state index is -3.62. The van der Waals surface area contributed by atoms with Crippen LogP contribution >= 0.6 is 0 Å². The van der Waals surface area contributed by atoms with Crippen molar-refractivity contribution in [2.75, 3.05) is 39.3 Å². The van der Waals surface area contributed by atoms with E-state index >= 15 is 0 Å². The van der Waals surface area contributed by atoms with Gasteiger partial charge in [-0.1, -0.05) is 18.2 Å². The zero-order chi connectivity index (χ0) is 23.1. The van der Waals surface area contributed by atoms with Gasteiger partial charge in [-0.05, 0) is 49.7 Å². The Balaban J connectivity index is 1.47. The molecule has 32 heavy (non-hydrogen) atoms. The first kappa shape index (κ1) is 23.7. The van der Waals surface area contributed by atoms with Gasteiger partial charge in [-0.3, -0.25) is 9.59 Å². The molecule has 0 aliphatic carbocycles. The molecular weight excluding hydrogens is 430 g/mol. The van der Waals surface area contributed by atoms with Gasteiger partial charge in [0.15, 0.2) is 0 Å². The summed E-state index contributed by atoms with van der Waals surface area (Å²) in [7, 11) is -3.62. The normalized spacial score (nSPS) is 14.8. The van der Waals surface area contributed by atoms with Gasteiger partial charge in [0.1, 0.15) is 5.75 Å². The smallest absolute Gasteiger partial charge is 0.251 e. The standard InChI is InChI=1S/C23H29N3O5S/c1-3-31-19-8-10-20(11-9-19)32(29,30)26-16-14-25(15-17-26)22(27)12-13-24-23(28)21-7-5-4-6-18(21)2/h4-11H,3,12-17H2,1-2H3,(H,24,28). The number of carbonyl (C=O) groups is 2. The number of piperazine rings is 1. The van der Waals surface area contributed by atoms with Gasteiger partial charge in [0, 0.05) is 44.7 Å². The number of hydrogen-bond donors (Lipinski definition) is 1. The van der Waals surface area contributed by atoms with Crippen molar-refractivity contribution in [3.63, 3.8) is 0 Å². The van der Waals surface area contributed by atoms with Crippen LogP contribution in [0.4, 0.5) is 0 Å². The Morgan fingerprint density at radius 1 is 1.00 bits per heavy atom. The van der Waals surface area contributed by atoms with Gasteiger partial charge in [-0.15, -0.1) is 0 Å². The Hall–Kier alpha value is -2.91. The lowest BCUT2D eigenvalue weighted by Gasteiger charge is -2.34. The summed E-state index contributed by atoms with van der Waals surface area (Å²) in [5, 5.41) is 2.77. The average Bonchev–Trinajstić information content (AvgIpc) is 2.80. The molecule has 1 fully saturated rings. The zero-order valence-corrected chi connectivity index (χ0v) is 19.2. The van der Waals surface area contributed by atoms with Gasteiger partial charge in [0.05, 0.1) is 11.5 Å². The Bertz CT molecular complexity index is 1050. The quantitative estimate of drug-likeness (QED) is 0.652. The molecule has 1 saturated heterocycles. The van der Waals surface area contributed by atoms with Crippen LogP contribution in [0.2, 0.25) is 0 Å². The Kier molecular flexibility index (Phi) is 7.87. The number of ether oxygens (including phenoxy) is 1. The van der Waals surface area contributed by atoms with Crippen molar-refractivity contribution < 1.29 is 22.7 Å². The summed E-state index contributed by atoms with van der Waals surface area (Å²) in [4.78, 5) is 26.6. The van der Waals surface area contributed by atoms with Crippen LogP contribution in [0.5, 0.6) is 5.75 Å². The summed E-state index contributed by atoms with van der Waals surface area (Å²) in [6.07, 6.45) is 0.170. The van der Waals surface area contributed by atoms with E-state index in [2.05, 4.69) is 5.32 Å². The average molecular weight is 460 g/mol. The molecule has 0 spiro atoms. The highest BCUT2D eigenvalue weighted by Crippen LogP contribution is 2.21. The predicted molar refractivity (Wildman–Crippen MR) is 121 cm³/mol. The van der Waals surface area contributed by atoms with Gasteiger partial charge < -0.3 is 15.0 Å². The lowest BCUT2D eigenvalue weighted by molar-refractivity contribution is -0.132. The molecular formula is C23H29N3O5S. The van der Waals surface area contributed by atoms with E-state index in [-0.39, 0.29) is 42.8 Å². The summed E-state index contributed by atoms with van der Waals surface area (Å²) in [5.74, 6) is 0.312. The number of carbonyl (C=O) groups excluding carboxylic acids is 2. The minimum Gasteiger partial charge on any atom is -0.494 e. The summed E-state index contributed by atoms with van der Waals surface area (Å²) in [5.41, 5.74) is 1.47. The van der Waals surface area contributed by atoms with Crippen molar-refractivity contribution in [3.05, 3.63) is 59.7 Å². The molecule has 0 aromatic heterocycles. The number of nitrogens with one attached hydrogen (secondary N) is 1. The molecule has 1 N–H and O–H groups in total. The molecule has 2 aromatic rings. The molecule has 8 nitrogen and oxygen atoms in total. The van der Waals surface area contributed by atoms with Crippen LogP contribution in [-0.2, 0) is 14.8 Å². The number of sulfonamides is 1. The first-order chi connectivity index (χ1) is 15.3. The summed E-state index contributed by atoms with van der Waals surface area (Å²) in [6.45, 7) is 5.58. The third kappa shape index (κ3) is 5.66. The monoisotopic (exact) mass is 459 g/mol. The molecule has 9 heteroatoms. The topological polar surface area (TPSA) is 96.0 Å². The van der Waals surface area contributed by atoms with E-state index < -0.39 is 10.0 Å². The summed E-state index contributed by atoms with van der Waals surface area (Å²) in [6, 6.07) is 13.6. The molecule has 172 valence electrons.